The zero-order chi connectivity index (χ0) is 12.5. The van der Waals surface area contributed by atoms with Gasteiger partial charge in [0.05, 0.1) is 0 Å². The van der Waals surface area contributed by atoms with E-state index >= 15 is 0 Å². The molecule has 0 atom stereocenters. The lowest BCUT2D eigenvalue weighted by molar-refractivity contribution is -0.560. The third kappa shape index (κ3) is 2.42. The molecule has 0 bridgehead atoms. The fourth-order valence-electron chi connectivity index (χ4n) is 1.58. The van der Waals surface area contributed by atoms with Gasteiger partial charge in [-0.1, -0.05) is 0 Å². The maximum atomic E-state index is 10.8. The lowest BCUT2D eigenvalue weighted by atomic mass is 9.93. The van der Waals surface area contributed by atoms with Crippen molar-refractivity contribution in [3.05, 3.63) is 33.4 Å². The minimum atomic E-state index is -1.03. The number of nitrogen functional groups attached to an aromatic ring is 2. The van der Waals surface area contributed by atoms with Crippen molar-refractivity contribution >= 4 is 11.4 Å². The highest BCUT2D eigenvalue weighted by molar-refractivity contribution is 5.60. The molecule has 0 aliphatic heterocycles. The summed E-state index contributed by atoms with van der Waals surface area (Å²) in [6, 6.07) is 3.46. The van der Waals surface area contributed by atoms with Crippen molar-refractivity contribution in [2.24, 2.45) is 0 Å². The maximum absolute atomic E-state index is 10.8. The van der Waals surface area contributed by atoms with Gasteiger partial charge >= 0.3 is 0 Å². The highest BCUT2D eigenvalue weighted by Crippen LogP contribution is 2.26. The summed E-state index contributed by atoms with van der Waals surface area (Å²) in [6.07, 6.45) is 0.276. The molecule has 1 aromatic carbocycles. The number of rotatable bonds is 3. The third-order valence-electron chi connectivity index (χ3n) is 2.61. The first-order valence-electron chi connectivity index (χ1n) is 5.03. The average molecular weight is 223 g/mol. The van der Waals surface area contributed by atoms with Crippen molar-refractivity contribution in [3.63, 3.8) is 0 Å². The van der Waals surface area contributed by atoms with Crippen molar-refractivity contribution in [1.29, 1.82) is 0 Å². The van der Waals surface area contributed by atoms with Crippen LogP contribution in [0.15, 0.2) is 12.1 Å². The summed E-state index contributed by atoms with van der Waals surface area (Å²) in [5.41, 5.74) is 13.3. The number of hydrogen-bond acceptors (Lipinski definition) is 4. The molecule has 1 rings (SSSR count). The number of hydrogen-bond donors (Lipinski definition) is 2. The van der Waals surface area contributed by atoms with Gasteiger partial charge in [0, 0.05) is 36.6 Å². The molecule has 0 fully saturated rings. The van der Waals surface area contributed by atoms with Gasteiger partial charge in [-0.3, -0.25) is 10.1 Å². The van der Waals surface area contributed by atoms with Gasteiger partial charge in [0.1, 0.15) is 0 Å². The van der Waals surface area contributed by atoms with Crippen molar-refractivity contribution in [3.8, 4) is 0 Å². The summed E-state index contributed by atoms with van der Waals surface area (Å²) in [4.78, 5) is 10.5. The molecule has 0 aromatic heterocycles. The molecule has 16 heavy (non-hydrogen) atoms. The van der Waals surface area contributed by atoms with Gasteiger partial charge in [-0.05, 0) is 30.2 Å². The van der Waals surface area contributed by atoms with E-state index in [4.69, 9.17) is 11.5 Å². The molecule has 5 heteroatoms. The van der Waals surface area contributed by atoms with Crippen LogP contribution in [0.25, 0.3) is 0 Å². The number of nitrogens with zero attached hydrogens (tertiary/aromatic N) is 1. The summed E-state index contributed by atoms with van der Waals surface area (Å²) in [7, 11) is 0. The first-order valence-corrected chi connectivity index (χ1v) is 5.03. The van der Waals surface area contributed by atoms with Crippen LogP contribution in [-0.2, 0) is 6.42 Å². The Balaban J connectivity index is 3.11. The van der Waals surface area contributed by atoms with Crippen LogP contribution in [0.5, 0.6) is 0 Å². The molecule has 0 amide bonds. The Morgan fingerprint density at radius 2 is 1.94 bits per heavy atom. The van der Waals surface area contributed by atoms with Crippen molar-refractivity contribution in [2.75, 3.05) is 11.5 Å². The number of nitro groups is 1. The zero-order valence-corrected chi connectivity index (χ0v) is 9.78. The van der Waals surface area contributed by atoms with Gasteiger partial charge in [0.2, 0.25) is 5.54 Å². The van der Waals surface area contributed by atoms with E-state index in [9.17, 15) is 10.1 Å². The van der Waals surface area contributed by atoms with Crippen LogP contribution in [0, 0.1) is 17.0 Å². The van der Waals surface area contributed by atoms with Crippen LogP contribution in [0.3, 0.4) is 0 Å². The van der Waals surface area contributed by atoms with E-state index in [2.05, 4.69) is 0 Å². The Labute approximate surface area is 94.6 Å². The van der Waals surface area contributed by atoms with Crippen molar-refractivity contribution < 1.29 is 4.92 Å². The van der Waals surface area contributed by atoms with E-state index in [-0.39, 0.29) is 11.3 Å². The summed E-state index contributed by atoms with van der Waals surface area (Å²) in [5, 5.41) is 10.8. The predicted molar refractivity (Wildman–Crippen MR) is 64.8 cm³/mol. The fraction of sp³-hybridized carbons (Fsp3) is 0.455. The van der Waals surface area contributed by atoms with Gasteiger partial charge in [-0.15, -0.1) is 0 Å². The molecular formula is C11H17N3O2. The molecule has 0 saturated heterocycles. The maximum Gasteiger partial charge on any atom is 0.220 e. The number of benzene rings is 1. The highest BCUT2D eigenvalue weighted by atomic mass is 16.6. The van der Waals surface area contributed by atoms with Gasteiger partial charge in [0.15, 0.2) is 0 Å². The van der Waals surface area contributed by atoms with E-state index in [1.807, 2.05) is 6.92 Å². The Bertz CT molecular complexity index is 427. The van der Waals surface area contributed by atoms with Crippen LogP contribution in [0.1, 0.15) is 25.0 Å². The number of anilines is 2. The summed E-state index contributed by atoms with van der Waals surface area (Å²) in [6.45, 7) is 4.99. The zero-order valence-electron chi connectivity index (χ0n) is 9.78. The molecule has 88 valence electrons. The standard InChI is InChI=1S/C11H17N3O2/c1-7-4-9(12)5-8(10(7)13)6-11(2,3)14(15)16/h4-5H,6,12-13H2,1-3H3. The summed E-state index contributed by atoms with van der Waals surface area (Å²) >= 11 is 0. The summed E-state index contributed by atoms with van der Waals surface area (Å²) < 4.78 is 0. The van der Waals surface area contributed by atoms with Crippen LogP contribution >= 0.6 is 0 Å². The van der Waals surface area contributed by atoms with Gasteiger partial charge in [0.25, 0.3) is 0 Å². The molecule has 1 aromatic rings. The molecule has 0 radical (unpaired) electrons. The Hall–Kier alpha value is -1.78. The minimum absolute atomic E-state index is 0.276. The first-order chi connectivity index (χ1) is 7.24. The van der Waals surface area contributed by atoms with Gasteiger partial charge in [-0.2, -0.15) is 0 Å². The molecule has 0 aliphatic rings. The fourth-order valence-corrected chi connectivity index (χ4v) is 1.58. The third-order valence-corrected chi connectivity index (χ3v) is 2.61. The van der Waals surface area contributed by atoms with Crippen LogP contribution in [0.2, 0.25) is 0 Å². The Kier molecular flexibility index (Phi) is 3.07. The molecular weight excluding hydrogens is 206 g/mol. The lowest BCUT2D eigenvalue weighted by Gasteiger charge is -2.18. The topological polar surface area (TPSA) is 95.2 Å². The van der Waals surface area contributed by atoms with E-state index in [0.29, 0.717) is 11.4 Å². The van der Waals surface area contributed by atoms with Crippen molar-refractivity contribution in [2.45, 2.75) is 32.7 Å². The monoisotopic (exact) mass is 223 g/mol. The van der Waals surface area contributed by atoms with Gasteiger partial charge in [-0.25, -0.2) is 0 Å². The van der Waals surface area contributed by atoms with E-state index in [1.165, 1.54) is 0 Å². The number of aryl methyl sites for hydroxylation is 1. The second-order valence-corrected chi connectivity index (χ2v) is 4.66. The van der Waals surface area contributed by atoms with Crippen LogP contribution < -0.4 is 11.5 Å². The van der Waals surface area contributed by atoms with E-state index < -0.39 is 5.54 Å². The molecule has 0 heterocycles. The largest absolute Gasteiger partial charge is 0.399 e. The molecule has 0 unspecified atom stereocenters. The van der Waals surface area contributed by atoms with E-state index in [0.717, 1.165) is 11.1 Å². The van der Waals surface area contributed by atoms with Crippen molar-refractivity contribution in [1.82, 2.24) is 0 Å². The van der Waals surface area contributed by atoms with Crippen LogP contribution in [-0.4, -0.2) is 10.5 Å². The Morgan fingerprint density at radius 3 is 2.44 bits per heavy atom. The molecule has 0 aliphatic carbocycles. The molecule has 5 nitrogen and oxygen atoms in total. The first kappa shape index (κ1) is 12.3. The highest BCUT2D eigenvalue weighted by Gasteiger charge is 2.31. The van der Waals surface area contributed by atoms with E-state index in [1.54, 1.807) is 26.0 Å². The summed E-state index contributed by atoms with van der Waals surface area (Å²) in [5.74, 6) is 0. The predicted octanol–water partition coefficient (Wildman–Crippen LogP) is 1.76. The molecule has 0 spiro atoms. The smallest absolute Gasteiger partial charge is 0.220 e. The number of nitrogens with two attached hydrogens (primary N) is 2. The second-order valence-electron chi connectivity index (χ2n) is 4.66. The van der Waals surface area contributed by atoms with Gasteiger partial charge < -0.3 is 11.5 Å². The normalized spacial score (nSPS) is 11.4. The SMILES string of the molecule is Cc1cc(N)cc(CC(C)(C)[N+](=O)[O-])c1N. The molecule has 4 N–H and O–H groups in total. The lowest BCUT2D eigenvalue weighted by Crippen LogP contribution is -2.33. The Morgan fingerprint density at radius 1 is 1.38 bits per heavy atom. The average Bonchev–Trinajstić information content (AvgIpc) is 2.12. The molecule has 0 saturated carbocycles. The minimum Gasteiger partial charge on any atom is -0.399 e. The second kappa shape index (κ2) is 4.00. The quantitative estimate of drug-likeness (QED) is 0.463. The van der Waals surface area contributed by atoms with Crippen LogP contribution in [0.4, 0.5) is 11.4 Å².